The van der Waals surface area contributed by atoms with Crippen LogP contribution in [0.15, 0.2) is 12.3 Å². The molecule has 0 radical (unpaired) electrons. The fraction of sp³-hybridized carbons (Fsp3) is 0.750. The lowest BCUT2D eigenvalue weighted by atomic mass is 9.64. The normalized spacial score (nSPS) is 28.6. The topological polar surface area (TPSA) is 72.0 Å². The van der Waals surface area contributed by atoms with E-state index >= 15 is 0 Å². The summed E-state index contributed by atoms with van der Waals surface area (Å²) in [4.78, 5) is 8.48. The number of nitrogens with zero attached hydrogens (tertiary/aromatic N) is 2. The molecule has 0 aliphatic heterocycles. The van der Waals surface area contributed by atoms with Crippen molar-refractivity contribution in [2.24, 2.45) is 23.0 Å². The van der Waals surface area contributed by atoms with Crippen molar-refractivity contribution < 1.29 is 5.11 Å². The first kappa shape index (κ1) is 15.4. The van der Waals surface area contributed by atoms with Crippen LogP contribution in [0.25, 0.3) is 0 Å². The van der Waals surface area contributed by atoms with Gasteiger partial charge in [-0.15, -0.1) is 0 Å². The smallest absolute Gasteiger partial charge is 0.125 e. The molecule has 4 heteroatoms. The van der Waals surface area contributed by atoms with Crippen LogP contribution in [0.5, 0.6) is 0 Å². The van der Waals surface area contributed by atoms with Gasteiger partial charge in [0.05, 0.1) is 5.69 Å². The first-order chi connectivity index (χ1) is 9.48. The predicted molar refractivity (Wildman–Crippen MR) is 80.0 cm³/mol. The van der Waals surface area contributed by atoms with Crippen molar-refractivity contribution in [3.05, 3.63) is 23.8 Å². The number of aromatic nitrogens is 2. The standard InChI is InChI=1S/C16H27N3O/c1-11(2)13-4-7-16(10-17,8-5-13)15(20)14-6-9-18-12(3)19-14/h6,9,11,13,15,20H,4-5,7-8,10,17H2,1-3H3. The Bertz CT molecular complexity index is 439. The summed E-state index contributed by atoms with van der Waals surface area (Å²) in [7, 11) is 0. The van der Waals surface area contributed by atoms with Crippen LogP contribution < -0.4 is 5.73 Å². The summed E-state index contributed by atoms with van der Waals surface area (Å²) in [6, 6.07) is 1.81. The van der Waals surface area contributed by atoms with Gasteiger partial charge in [0.25, 0.3) is 0 Å². The van der Waals surface area contributed by atoms with Crippen molar-refractivity contribution in [3.8, 4) is 0 Å². The van der Waals surface area contributed by atoms with Crippen LogP contribution in [0.3, 0.4) is 0 Å². The monoisotopic (exact) mass is 277 g/mol. The maximum atomic E-state index is 10.8. The molecule has 1 fully saturated rings. The van der Waals surface area contributed by atoms with Gasteiger partial charge < -0.3 is 10.8 Å². The van der Waals surface area contributed by atoms with E-state index in [1.165, 1.54) is 0 Å². The highest BCUT2D eigenvalue weighted by molar-refractivity contribution is 5.10. The lowest BCUT2D eigenvalue weighted by molar-refractivity contribution is -0.0174. The van der Waals surface area contributed by atoms with Crippen LogP contribution >= 0.6 is 0 Å². The van der Waals surface area contributed by atoms with Gasteiger partial charge in [-0.25, -0.2) is 9.97 Å². The van der Waals surface area contributed by atoms with Gasteiger partial charge >= 0.3 is 0 Å². The lowest BCUT2D eigenvalue weighted by Gasteiger charge is -2.43. The molecule has 0 aromatic carbocycles. The molecule has 3 N–H and O–H groups in total. The molecule has 1 unspecified atom stereocenters. The first-order valence-corrected chi connectivity index (χ1v) is 7.66. The molecule has 0 spiro atoms. The van der Waals surface area contributed by atoms with E-state index < -0.39 is 6.10 Å². The Morgan fingerprint density at radius 1 is 1.40 bits per heavy atom. The SMILES string of the molecule is Cc1nccc(C(O)C2(CN)CCC(C(C)C)CC2)n1. The maximum absolute atomic E-state index is 10.8. The number of hydrogen-bond donors (Lipinski definition) is 2. The summed E-state index contributed by atoms with van der Waals surface area (Å²) in [5, 5.41) is 10.8. The largest absolute Gasteiger partial charge is 0.386 e. The fourth-order valence-corrected chi connectivity index (χ4v) is 3.41. The van der Waals surface area contributed by atoms with Crippen molar-refractivity contribution in [2.45, 2.75) is 52.6 Å². The highest BCUT2D eigenvalue weighted by Gasteiger charge is 2.42. The molecular formula is C16H27N3O. The molecule has 1 aliphatic rings. The molecule has 1 aliphatic carbocycles. The first-order valence-electron chi connectivity index (χ1n) is 7.66. The van der Waals surface area contributed by atoms with E-state index in [1.807, 2.05) is 13.0 Å². The van der Waals surface area contributed by atoms with Crippen molar-refractivity contribution >= 4 is 0 Å². The average Bonchev–Trinajstić information content (AvgIpc) is 2.46. The van der Waals surface area contributed by atoms with Crippen molar-refractivity contribution in [3.63, 3.8) is 0 Å². The molecule has 112 valence electrons. The molecule has 1 aromatic heterocycles. The fourth-order valence-electron chi connectivity index (χ4n) is 3.41. The molecular weight excluding hydrogens is 250 g/mol. The minimum Gasteiger partial charge on any atom is -0.386 e. The third kappa shape index (κ3) is 3.01. The number of hydrogen-bond acceptors (Lipinski definition) is 4. The minimum absolute atomic E-state index is 0.216. The Balaban J connectivity index is 2.16. The zero-order chi connectivity index (χ0) is 14.8. The zero-order valence-corrected chi connectivity index (χ0v) is 12.8. The molecule has 0 bridgehead atoms. The van der Waals surface area contributed by atoms with Crippen LogP contribution in [0.1, 0.15) is 57.2 Å². The number of nitrogens with two attached hydrogens (primary N) is 1. The third-order valence-electron chi connectivity index (χ3n) is 5.03. The number of rotatable bonds is 4. The predicted octanol–water partition coefficient (Wildman–Crippen LogP) is 2.61. The van der Waals surface area contributed by atoms with Gasteiger partial charge in [-0.3, -0.25) is 0 Å². The zero-order valence-electron chi connectivity index (χ0n) is 12.8. The van der Waals surface area contributed by atoms with Crippen LogP contribution in [0, 0.1) is 24.2 Å². The highest BCUT2D eigenvalue weighted by Crippen LogP contribution is 2.47. The number of aliphatic hydroxyl groups excluding tert-OH is 1. The molecule has 1 aromatic rings. The molecule has 4 nitrogen and oxygen atoms in total. The molecule has 1 atom stereocenters. The second-order valence-corrected chi connectivity index (χ2v) is 6.58. The van der Waals surface area contributed by atoms with Crippen molar-refractivity contribution in [1.82, 2.24) is 9.97 Å². The van der Waals surface area contributed by atoms with Crippen LogP contribution in [-0.4, -0.2) is 21.6 Å². The van der Waals surface area contributed by atoms with Crippen LogP contribution in [0.2, 0.25) is 0 Å². The summed E-state index contributed by atoms with van der Waals surface area (Å²) >= 11 is 0. The number of aliphatic hydroxyl groups is 1. The van der Waals surface area contributed by atoms with E-state index in [9.17, 15) is 5.11 Å². The van der Waals surface area contributed by atoms with E-state index in [2.05, 4.69) is 23.8 Å². The molecule has 20 heavy (non-hydrogen) atoms. The van der Waals surface area contributed by atoms with E-state index in [1.54, 1.807) is 6.20 Å². The van der Waals surface area contributed by atoms with E-state index in [0.29, 0.717) is 24.0 Å². The van der Waals surface area contributed by atoms with Gasteiger partial charge in [0.1, 0.15) is 11.9 Å². The number of aryl methyl sites for hydroxylation is 1. The van der Waals surface area contributed by atoms with Crippen LogP contribution in [-0.2, 0) is 0 Å². The minimum atomic E-state index is -0.581. The second-order valence-electron chi connectivity index (χ2n) is 6.58. The van der Waals surface area contributed by atoms with Crippen molar-refractivity contribution in [2.75, 3.05) is 6.54 Å². The molecule has 1 saturated carbocycles. The Hall–Kier alpha value is -1.00. The highest BCUT2D eigenvalue weighted by atomic mass is 16.3. The Labute approximate surface area is 121 Å². The Morgan fingerprint density at radius 2 is 2.05 bits per heavy atom. The van der Waals surface area contributed by atoms with E-state index in [4.69, 9.17) is 5.73 Å². The summed E-state index contributed by atoms with van der Waals surface area (Å²) in [5.41, 5.74) is 6.53. The van der Waals surface area contributed by atoms with Crippen LogP contribution in [0.4, 0.5) is 0 Å². The third-order valence-corrected chi connectivity index (χ3v) is 5.03. The van der Waals surface area contributed by atoms with Gasteiger partial charge in [0.2, 0.25) is 0 Å². The molecule has 1 heterocycles. The maximum Gasteiger partial charge on any atom is 0.125 e. The average molecular weight is 277 g/mol. The summed E-state index contributed by atoms with van der Waals surface area (Å²) < 4.78 is 0. The van der Waals surface area contributed by atoms with E-state index in [-0.39, 0.29) is 5.41 Å². The molecule has 2 rings (SSSR count). The van der Waals surface area contributed by atoms with Gasteiger partial charge in [-0.2, -0.15) is 0 Å². The summed E-state index contributed by atoms with van der Waals surface area (Å²) in [6.45, 7) is 6.93. The van der Waals surface area contributed by atoms with Gasteiger partial charge in [0.15, 0.2) is 0 Å². The summed E-state index contributed by atoms with van der Waals surface area (Å²) in [5.74, 6) is 2.17. The Kier molecular flexibility index (Phi) is 4.76. The van der Waals surface area contributed by atoms with Gasteiger partial charge in [-0.1, -0.05) is 13.8 Å². The van der Waals surface area contributed by atoms with Crippen molar-refractivity contribution in [1.29, 1.82) is 0 Å². The molecule has 0 amide bonds. The second kappa shape index (κ2) is 6.19. The molecule has 0 saturated heterocycles. The summed E-state index contributed by atoms with van der Waals surface area (Å²) in [6.07, 6.45) is 5.39. The quantitative estimate of drug-likeness (QED) is 0.887. The Morgan fingerprint density at radius 3 is 2.55 bits per heavy atom. The van der Waals surface area contributed by atoms with Gasteiger partial charge in [-0.05, 0) is 50.5 Å². The van der Waals surface area contributed by atoms with E-state index in [0.717, 1.165) is 31.6 Å². The van der Waals surface area contributed by atoms with Gasteiger partial charge in [0, 0.05) is 18.2 Å². The lowest BCUT2D eigenvalue weighted by Crippen LogP contribution is -2.41.